The van der Waals surface area contributed by atoms with Gasteiger partial charge in [-0.05, 0) is 6.07 Å². The van der Waals surface area contributed by atoms with Gasteiger partial charge in [0.2, 0.25) is 0 Å². The molecule has 1 saturated heterocycles. The van der Waals surface area contributed by atoms with Gasteiger partial charge < -0.3 is 10.1 Å². The molecule has 4 nitrogen and oxygen atoms in total. The third kappa shape index (κ3) is 2.61. The third-order valence-corrected chi connectivity index (χ3v) is 3.14. The Balaban J connectivity index is 2.15. The molecule has 1 N–H and O–H groups in total. The summed E-state index contributed by atoms with van der Waals surface area (Å²) in [4.78, 5) is 1.98. The van der Waals surface area contributed by atoms with Gasteiger partial charge in [-0.1, -0.05) is 12.1 Å². The van der Waals surface area contributed by atoms with Crippen molar-refractivity contribution in [1.29, 1.82) is 5.26 Å². The quantitative estimate of drug-likeness (QED) is 0.872. The number of halogens is 1. The Morgan fingerprint density at radius 2 is 2.44 bits per heavy atom. The number of rotatable bonds is 3. The van der Waals surface area contributed by atoms with Crippen molar-refractivity contribution in [3.63, 3.8) is 0 Å². The highest BCUT2D eigenvalue weighted by molar-refractivity contribution is 5.31. The lowest BCUT2D eigenvalue weighted by molar-refractivity contribution is 0.186. The van der Waals surface area contributed by atoms with Gasteiger partial charge in [0.15, 0.2) is 11.6 Å². The second kappa shape index (κ2) is 5.80. The monoisotopic (exact) mass is 249 g/mol. The van der Waals surface area contributed by atoms with Crippen LogP contribution >= 0.6 is 0 Å². The molecule has 2 rings (SSSR count). The number of methoxy groups -OCH3 is 1. The SMILES string of the molecule is COc1cccc(CN2CCNCC2C#N)c1F. The van der Waals surface area contributed by atoms with Crippen LogP contribution in [0.15, 0.2) is 18.2 Å². The summed E-state index contributed by atoms with van der Waals surface area (Å²) in [7, 11) is 1.45. The number of hydrogen-bond donors (Lipinski definition) is 1. The number of ether oxygens (including phenoxy) is 1. The van der Waals surface area contributed by atoms with Crippen LogP contribution in [0.25, 0.3) is 0 Å². The third-order valence-electron chi connectivity index (χ3n) is 3.14. The second-order valence-electron chi connectivity index (χ2n) is 4.25. The largest absolute Gasteiger partial charge is 0.494 e. The maximum absolute atomic E-state index is 14.0. The van der Waals surface area contributed by atoms with Crippen molar-refractivity contribution in [2.75, 3.05) is 26.7 Å². The van der Waals surface area contributed by atoms with Crippen LogP contribution in [0.2, 0.25) is 0 Å². The van der Waals surface area contributed by atoms with Crippen LogP contribution in [-0.2, 0) is 6.54 Å². The van der Waals surface area contributed by atoms with Crippen LogP contribution in [0, 0.1) is 17.1 Å². The molecule has 96 valence electrons. The van der Waals surface area contributed by atoms with Gasteiger partial charge in [0.05, 0.1) is 13.2 Å². The first-order chi connectivity index (χ1) is 8.76. The molecule has 1 fully saturated rings. The second-order valence-corrected chi connectivity index (χ2v) is 4.25. The minimum Gasteiger partial charge on any atom is -0.494 e. The van der Waals surface area contributed by atoms with Crippen LogP contribution in [0.4, 0.5) is 4.39 Å². The Morgan fingerprint density at radius 1 is 1.61 bits per heavy atom. The van der Waals surface area contributed by atoms with Gasteiger partial charge in [0.1, 0.15) is 6.04 Å². The van der Waals surface area contributed by atoms with Crippen molar-refractivity contribution in [1.82, 2.24) is 10.2 Å². The van der Waals surface area contributed by atoms with Gasteiger partial charge in [0, 0.05) is 31.7 Å². The van der Waals surface area contributed by atoms with Crippen molar-refractivity contribution in [2.45, 2.75) is 12.6 Å². The zero-order valence-corrected chi connectivity index (χ0v) is 10.3. The van der Waals surface area contributed by atoms with E-state index in [-0.39, 0.29) is 17.6 Å². The van der Waals surface area contributed by atoms with Gasteiger partial charge in [0.25, 0.3) is 0 Å². The average Bonchev–Trinajstić information content (AvgIpc) is 2.42. The lowest BCUT2D eigenvalue weighted by Crippen LogP contribution is -2.50. The van der Waals surface area contributed by atoms with Crippen LogP contribution in [-0.4, -0.2) is 37.7 Å². The number of piperazine rings is 1. The number of hydrogen-bond acceptors (Lipinski definition) is 4. The van der Waals surface area contributed by atoms with E-state index in [0.29, 0.717) is 18.7 Å². The molecule has 1 heterocycles. The first-order valence-electron chi connectivity index (χ1n) is 5.92. The van der Waals surface area contributed by atoms with E-state index < -0.39 is 0 Å². The molecule has 0 bridgehead atoms. The van der Waals surface area contributed by atoms with Crippen molar-refractivity contribution in [2.24, 2.45) is 0 Å². The number of nitrogens with zero attached hydrogens (tertiary/aromatic N) is 2. The zero-order chi connectivity index (χ0) is 13.0. The first kappa shape index (κ1) is 12.8. The Labute approximate surface area is 106 Å². The number of nitrogens with one attached hydrogen (secondary N) is 1. The molecule has 1 aliphatic rings. The normalized spacial score (nSPS) is 20.4. The van der Waals surface area contributed by atoms with E-state index in [1.807, 2.05) is 4.90 Å². The zero-order valence-electron chi connectivity index (χ0n) is 10.3. The summed E-state index contributed by atoms with van der Waals surface area (Å²) >= 11 is 0. The van der Waals surface area contributed by atoms with Crippen LogP contribution in [0.1, 0.15) is 5.56 Å². The fraction of sp³-hybridized carbons (Fsp3) is 0.462. The average molecular weight is 249 g/mol. The molecule has 1 unspecified atom stereocenters. The highest BCUT2D eigenvalue weighted by Crippen LogP contribution is 2.22. The maximum atomic E-state index is 14.0. The lowest BCUT2D eigenvalue weighted by Gasteiger charge is -2.32. The van der Waals surface area contributed by atoms with E-state index in [1.165, 1.54) is 7.11 Å². The molecule has 1 atom stereocenters. The number of nitriles is 1. The van der Waals surface area contributed by atoms with Crippen molar-refractivity contribution < 1.29 is 9.13 Å². The predicted molar refractivity (Wildman–Crippen MR) is 65.6 cm³/mol. The fourth-order valence-electron chi connectivity index (χ4n) is 2.12. The summed E-state index contributed by atoms with van der Waals surface area (Å²) in [5.41, 5.74) is 0.566. The van der Waals surface area contributed by atoms with E-state index in [9.17, 15) is 4.39 Å². The van der Waals surface area contributed by atoms with Gasteiger partial charge in [-0.3, -0.25) is 4.90 Å². The molecular formula is C13H16FN3O. The molecule has 1 aliphatic heterocycles. The molecule has 0 spiro atoms. The van der Waals surface area contributed by atoms with Crippen molar-refractivity contribution >= 4 is 0 Å². The molecule has 0 saturated carbocycles. The topological polar surface area (TPSA) is 48.3 Å². The first-order valence-corrected chi connectivity index (χ1v) is 5.92. The number of benzene rings is 1. The molecule has 1 aromatic rings. The van der Waals surface area contributed by atoms with E-state index in [2.05, 4.69) is 11.4 Å². The summed E-state index contributed by atoms with van der Waals surface area (Å²) in [6.07, 6.45) is 0. The summed E-state index contributed by atoms with van der Waals surface area (Å²) in [5.74, 6) is -0.0913. The molecule has 0 radical (unpaired) electrons. The summed E-state index contributed by atoms with van der Waals surface area (Å²) < 4.78 is 19.0. The summed E-state index contributed by atoms with van der Waals surface area (Å²) in [5, 5.41) is 12.2. The highest BCUT2D eigenvalue weighted by Gasteiger charge is 2.23. The van der Waals surface area contributed by atoms with E-state index >= 15 is 0 Å². The van der Waals surface area contributed by atoms with E-state index in [1.54, 1.807) is 18.2 Å². The minimum absolute atomic E-state index is 0.204. The Bertz CT molecular complexity index is 458. The van der Waals surface area contributed by atoms with Crippen LogP contribution in [0.3, 0.4) is 0 Å². The Morgan fingerprint density at radius 3 is 3.17 bits per heavy atom. The maximum Gasteiger partial charge on any atom is 0.169 e. The van der Waals surface area contributed by atoms with Crippen molar-refractivity contribution in [3.8, 4) is 11.8 Å². The molecule has 1 aromatic carbocycles. The van der Waals surface area contributed by atoms with Gasteiger partial charge in [-0.2, -0.15) is 5.26 Å². The van der Waals surface area contributed by atoms with Gasteiger partial charge in [-0.15, -0.1) is 0 Å². The van der Waals surface area contributed by atoms with Crippen LogP contribution < -0.4 is 10.1 Å². The standard InChI is InChI=1S/C13H16FN3O/c1-18-12-4-2-3-10(13(12)14)9-17-6-5-16-8-11(17)7-15/h2-4,11,16H,5-6,8-9H2,1H3. The molecule has 18 heavy (non-hydrogen) atoms. The van der Waals surface area contributed by atoms with Crippen LogP contribution in [0.5, 0.6) is 5.75 Å². The molecule has 0 aromatic heterocycles. The predicted octanol–water partition coefficient (Wildman–Crippen LogP) is 1.13. The fourth-order valence-corrected chi connectivity index (χ4v) is 2.12. The lowest BCUT2D eigenvalue weighted by atomic mass is 10.1. The Hall–Kier alpha value is -1.64. The Kier molecular flexibility index (Phi) is 4.13. The summed E-state index contributed by atoms with van der Waals surface area (Å²) in [6.45, 7) is 2.63. The van der Waals surface area contributed by atoms with Gasteiger partial charge in [-0.25, -0.2) is 4.39 Å². The molecular weight excluding hydrogens is 233 g/mol. The molecule has 0 aliphatic carbocycles. The molecule has 0 amide bonds. The van der Waals surface area contributed by atoms with E-state index in [0.717, 1.165) is 13.1 Å². The highest BCUT2D eigenvalue weighted by atomic mass is 19.1. The smallest absolute Gasteiger partial charge is 0.169 e. The summed E-state index contributed by atoms with van der Waals surface area (Å²) in [6, 6.07) is 7.12. The van der Waals surface area contributed by atoms with E-state index in [4.69, 9.17) is 10.00 Å². The minimum atomic E-state index is -0.338. The van der Waals surface area contributed by atoms with Gasteiger partial charge >= 0.3 is 0 Å². The molecule has 5 heteroatoms. The van der Waals surface area contributed by atoms with Crippen molar-refractivity contribution in [3.05, 3.63) is 29.6 Å².